The Morgan fingerprint density at radius 3 is 2.57 bits per heavy atom. The number of ether oxygens (including phenoxy) is 1. The molecule has 1 N–H and O–H groups in total. The summed E-state index contributed by atoms with van der Waals surface area (Å²) in [6.07, 6.45) is 0. The van der Waals surface area contributed by atoms with E-state index in [1.807, 2.05) is 19.9 Å². The molecule has 2 atom stereocenters. The third-order valence-corrected chi connectivity index (χ3v) is 4.30. The summed E-state index contributed by atoms with van der Waals surface area (Å²) in [6.45, 7) is 5.55. The smallest absolute Gasteiger partial charge is 0.250 e. The Morgan fingerprint density at radius 1 is 1.33 bits per heavy atom. The lowest BCUT2D eigenvalue weighted by molar-refractivity contribution is -0.134. The van der Waals surface area contributed by atoms with Gasteiger partial charge in [-0.1, -0.05) is 13.8 Å². The first-order chi connectivity index (χ1) is 9.86. The zero-order valence-corrected chi connectivity index (χ0v) is 14.1. The molecule has 0 spiro atoms. The molecule has 2 unspecified atom stereocenters. The molecule has 0 radical (unpaired) electrons. The average molecular weight is 355 g/mol. The Kier molecular flexibility index (Phi) is 4.56. The fourth-order valence-corrected chi connectivity index (χ4v) is 2.80. The first kappa shape index (κ1) is 15.8. The summed E-state index contributed by atoms with van der Waals surface area (Å²) in [4.78, 5) is 26.3. The second-order valence-corrected chi connectivity index (χ2v) is 6.29. The second kappa shape index (κ2) is 6.05. The lowest BCUT2D eigenvalue weighted by Crippen LogP contribution is -2.64. The van der Waals surface area contributed by atoms with Gasteiger partial charge in [0.2, 0.25) is 5.91 Å². The highest BCUT2D eigenvalue weighted by molar-refractivity contribution is 9.10. The highest BCUT2D eigenvalue weighted by Crippen LogP contribution is 2.32. The molecule has 1 heterocycles. The first-order valence-corrected chi connectivity index (χ1v) is 7.63. The molecule has 114 valence electrons. The van der Waals surface area contributed by atoms with Gasteiger partial charge in [0.1, 0.15) is 17.8 Å². The summed E-state index contributed by atoms with van der Waals surface area (Å²) in [5.41, 5.74) is 0.660. The summed E-state index contributed by atoms with van der Waals surface area (Å²) in [7, 11) is 1.56. The van der Waals surface area contributed by atoms with Crippen molar-refractivity contribution in [1.29, 1.82) is 0 Å². The predicted octanol–water partition coefficient (Wildman–Crippen LogP) is 2.33. The Balaban J connectivity index is 2.43. The first-order valence-electron chi connectivity index (χ1n) is 6.83. The number of carbonyl (C=O) groups excluding carboxylic acids is 2. The molecule has 5 nitrogen and oxygen atoms in total. The fourth-order valence-electron chi connectivity index (χ4n) is 2.39. The van der Waals surface area contributed by atoms with Crippen LogP contribution in [0.2, 0.25) is 0 Å². The minimum Gasteiger partial charge on any atom is -0.495 e. The van der Waals surface area contributed by atoms with Gasteiger partial charge in [0.15, 0.2) is 0 Å². The summed E-state index contributed by atoms with van der Waals surface area (Å²) >= 11 is 3.38. The standard InChI is InChI=1S/C15H19BrN2O3/c1-8(2)13-15(20)18(9(3)14(19)17-13)10-5-6-11(16)12(7-10)21-4/h5-9,13H,1-4H3,(H,17,19). The number of methoxy groups -OCH3 is 1. The molecule has 6 heteroatoms. The second-order valence-electron chi connectivity index (χ2n) is 5.43. The minimum absolute atomic E-state index is 0.0359. The third-order valence-electron chi connectivity index (χ3n) is 3.65. The summed E-state index contributed by atoms with van der Waals surface area (Å²) in [5, 5.41) is 2.78. The number of hydrogen-bond donors (Lipinski definition) is 1. The highest BCUT2D eigenvalue weighted by atomic mass is 79.9. The Bertz CT molecular complexity index is 574. The maximum absolute atomic E-state index is 12.7. The molecular formula is C15H19BrN2O3. The van der Waals surface area contributed by atoms with E-state index in [1.54, 1.807) is 31.1 Å². The van der Waals surface area contributed by atoms with Crippen LogP contribution in [0.25, 0.3) is 0 Å². The van der Waals surface area contributed by atoms with Crippen molar-refractivity contribution in [3.63, 3.8) is 0 Å². The number of hydrogen-bond acceptors (Lipinski definition) is 3. The molecule has 1 aliphatic heterocycles. The average Bonchev–Trinajstić information content (AvgIpc) is 2.44. The molecule has 21 heavy (non-hydrogen) atoms. The van der Waals surface area contributed by atoms with Gasteiger partial charge < -0.3 is 10.1 Å². The molecule has 2 rings (SSSR count). The van der Waals surface area contributed by atoms with Crippen LogP contribution in [0.4, 0.5) is 5.69 Å². The van der Waals surface area contributed by atoms with Gasteiger partial charge in [0.25, 0.3) is 5.91 Å². The van der Waals surface area contributed by atoms with Crippen molar-refractivity contribution in [1.82, 2.24) is 5.32 Å². The molecule has 0 saturated carbocycles. The van der Waals surface area contributed by atoms with E-state index in [0.717, 1.165) is 4.47 Å². The fraction of sp³-hybridized carbons (Fsp3) is 0.467. The van der Waals surface area contributed by atoms with Crippen LogP contribution in [-0.4, -0.2) is 31.0 Å². The van der Waals surface area contributed by atoms with Gasteiger partial charge in [0.05, 0.1) is 11.6 Å². The number of anilines is 1. The lowest BCUT2D eigenvalue weighted by atomic mass is 9.98. The van der Waals surface area contributed by atoms with Gasteiger partial charge in [-0.3, -0.25) is 14.5 Å². The van der Waals surface area contributed by atoms with Crippen LogP contribution < -0.4 is 15.0 Å². The normalized spacial score (nSPS) is 22.5. The zero-order valence-electron chi connectivity index (χ0n) is 12.5. The van der Waals surface area contributed by atoms with Crippen LogP contribution in [0, 0.1) is 5.92 Å². The Hall–Kier alpha value is -1.56. The number of nitrogens with zero attached hydrogens (tertiary/aromatic N) is 1. The SMILES string of the molecule is COc1cc(N2C(=O)C(C(C)C)NC(=O)C2C)ccc1Br. The number of piperazine rings is 1. The number of rotatable bonds is 3. The molecule has 0 aromatic heterocycles. The number of carbonyl (C=O) groups is 2. The van der Waals surface area contributed by atoms with Gasteiger partial charge in [-0.15, -0.1) is 0 Å². The number of nitrogens with one attached hydrogen (secondary N) is 1. The van der Waals surface area contributed by atoms with Crippen molar-refractivity contribution in [3.8, 4) is 5.75 Å². The molecule has 1 aliphatic rings. The van der Waals surface area contributed by atoms with Crippen LogP contribution in [0.1, 0.15) is 20.8 Å². The van der Waals surface area contributed by atoms with Gasteiger partial charge in [0, 0.05) is 11.8 Å². The van der Waals surface area contributed by atoms with E-state index in [-0.39, 0.29) is 17.7 Å². The van der Waals surface area contributed by atoms with E-state index in [0.29, 0.717) is 11.4 Å². The minimum atomic E-state index is -0.543. The number of halogens is 1. The van der Waals surface area contributed by atoms with Crippen molar-refractivity contribution in [2.75, 3.05) is 12.0 Å². The Morgan fingerprint density at radius 2 is 2.00 bits per heavy atom. The molecule has 1 aromatic carbocycles. The number of benzene rings is 1. The Labute approximate surface area is 132 Å². The number of amides is 2. The van der Waals surface area contributed by atoms with Crippen LogP contribution in [0.5, 0.6) is 5.75 Å². The van der Waals surface area contributed by atoms with Gasteiger partial charge >= 0.3 is 0 Å². The van der Waals surface area contributed by atoms with Crippen molar-refractivity contribution in [3.05, 3.63) is 22.7 Å². The predicted molar refractivity (Wildman–Crippen MR) is 84.4 cm³/mol. The third kappa shape index (κ3) is 2.90. The maximum atomic E-state index is 12.7. The molecule has 2 amide bonds. The van der Waals surface area contributed by atoms with Crippen LogP contribution >= 0.6 is 15.9 Å². The van der Waals surface area contributed by atoms with E-state index < -0.39 is 12.1 Å². The van der Waals surface area contributed by atoms with Crippen LogP contribution in [0.15, 0.2) is 22.7 Å². The largest absolute Gasteiger partial charge is 0.495 e. The van der Waals surface area contributed by atoms with E-state index in [2.05, 4.69) is 21.2 Å². The molecule has 0 aliphatic carbocycles. The molecule has 1 fully saturated rings. The summed E-state index contributed by atoms with van der Waals surface area (Å²) in [5.74, 6) is 0.421. The molecule has 1 saturated heterocycles. The van der Waals surface area contributed by atoms with Crippen LogP contribution in [-0.2, 0) is 9.59 Å². The van der Waals surface area contributed by atoms with E-state index >= 15 is 0 Å². The topological polar surface area (TPSA) is 58.6 Å². The van der Waals surface area contributed by atoms with E-state index in [9.17, 15) is 9.59 Å². The highest BCUT2D eigenvalue weighted by Gasteiger charge is 2.40. The van der Waals surface area contributed by atoms with Crippen molar-refractivity contribution in [2.24, 2.45) is 5.92 Å². The van der Waals surface area contributed by atoms with Crippen molar-refractivity contribution >= 4 is 33.4 Å². The summed E-state index contributed by atoms with van der Waals surface area (Å²) < 4.78 is 6.06. The maximum Gasteiger partial charge on any atom is 0.250 e. The van der Waals surface area contributed by atoms with Gasteiger partial charge in [-0.25, -0.2) is 0 Å². The van der Waals surface area contributed by atoms with E-state index in [1.165, 1.54) is 0 Å². The summed E-state index contributed by atoms with van der Waals surface area (Å²) in [6, 6.07) is 4.33. The molecule has 1 aromatic rings. The van der Waals surface area contributed by atoms with Crippen LogP contribution in [0.3, 0.4) is 0 Å². The molecular weight excluding hydrogens is 336 g/mol. The van der Waals surface area contributed by atoms with E-state index in [4.69, 9.17) is 4.74 Å². The van der Waals surface area contributed by atoms with Gasteiger partial charge in [-0.2, -0.15) is 0 Å². The van der Waals surface area contributed by atoms with Crippen molar-refractivity contribution in [2.45, 2.75) is 32.9 Å². The van der Waals surface area contributed by atoms with Gasteiger partial charge in [-0.05, 0) is 40.9 Å². The zero-order chi connectivity index (χ0) is 15.7. The molecule has 0 bridgehead atoms. The lowest BCUT2D eigenvalue weighted by Gasteiger charge is -2.38. The monoisotopic (exact) mass is 354 g/mol. The quantitative estimate of drug-likeness (QED) is 0.906. The van der Waals surface area contributed by atoms with Crippen molar-refractivity contribution < 1.29 is 14.3 Å².